The van der Waals surface area contributed by atoms with Crippen LogP contribution in [0.4, 0.5) is 0 Å². The van der Waals surface area contributed by atoms with Crippen molar-refractivity contribution in [2.45, 2.75) is 17.9 Å². The van der Waals surface area contributed by atoms with E-state index in [0.717, 1.165) is 0 Å². The highest BCUT2D eigenvalue weighted by atomic mass is 32.2. The van der Waals surface area contributed by atoms with Crippen LogP contribution in [-0.2, 0) is 20.9 Å². The molecule has 2 rings (SSSR count). The van der Waals surface area contributed by atoms with E-state index in [9.17, 15) is 34.8 Å². The summed E-state index contributed by atoms with van der Waals surface area (Å²) in [5.41, 5.74) is 0. The summed E-state index contributed by atoms with van der Waals surface area (Å²) in [5, 5.41) is 38.7. The van der Waals surface area contributed by atoms with Gasteiger partial charge < -0.3 is 25.3 Å². The highest BCUT2D eigenvalue weighted by molar-refractivity contribution is 7.98. The minimum Gasteiger partial charge on any atom is -0.494 e. The van der Waals surface area contributed by atoms with Crippen LogP contribution >= 0.6 is 11.8 Å². The number of carboxylic acids is 2. The summed E-state index contributed by atoms with van der Waals surface area (Å²) >= 11 is 1.30. The highest BCUT2D eigenvalue weighted by Crippen LogP contribution is 2.34. The first-order chi connectivity index (χ1) is 16.6. The number of Topliss-reactive ketones (excluding diaryl/α,β-unsaturated/α-hetero) is 1. The van der Waals surface area contributed by atoms with Gasteiger partial charge in [-0.05, 0) is 13.3 Å². The van der Waals surface area contributed by atoms with Crippen LogP contribution in [0.25, 0.3) is 0 Å². The van der Waals surface area contributed by atoms with Gasteiger partial charge in [-0.1, -0.05) is 0 Å². The van der Waals surface area contributed by atoms with E-state index in [1.54, 1.807) is 11.2 Å². The first-order valence-corrected chi connectivity index (χ1v) is 12.8. The number of carboxylic acid groups (broad SMARTS) is 2. The van der Waals surface area contributed by atoms with Crippen LogP contribution in [0.1, 0.15) is 6.42 Å². The first kappa shape index (κ1) is 28.9. The molecule has 0 unspecified atom stereocenters. The van der Waals surface area contributed by atoms with Gasteiger partial charge in [-0.2, -0.15) is 0 Å². The molecule has 0 radical (unpaired) electrons. The van der Waals surface area contributed by atoms with E-state index in [0.29, 0.717) is 57.3 Å². The van der Waals surface area contributed by atoms with Gasteiger partial charge in [-0.25, -0.2) is 0 Å². The molecule has 1 aromatic rings. The van der Waals surface area contributed by atoms with E-state index in [-0.39, 0.29) is 50.1 Å². The number of hydrogen-bond acceptors (Lipinski definition) is 10. The molecule has 0 aromatic carbocycles. The Hall–Kier alpha value is -2.32. The number of carbonyl (C=O) groups is 3. The molecule has 0 saturated carbocycles. The zero-order valence-corrected chi connectivity index (χ0v) is 21.2. The predicted molar refractivity (Wildman–Crippen MR) is 131 cm³/mol. The van der Waals surface area contributed by atoms with E-state index in [1.165, 1.54) is 22.4 Å². The van der Waals surface area contributed by atoms with Crippen molar-refractivity contribution in [1.82, 2.24) is 24.2 Å². The molecule has 0 spiro atoms. The van der Waals surface area contributed by atoms with Gasteiger partial charge in [-0.3, -0.25) is 33.7 Å². The van der Waals surface area contributed by atoms with Crippen molar-refractivity contribution < 1.29 is 34.8 Å². The molecule has 12 nitrogen and oxygen atoms in total. The Kier molecular flexibility index (Phi) is 11.8. The third-order valence-corrected chi connectivity index (χ3v) is 6.77. The van der Waals surface area contributed by atoms with Crippen molar-refractivity contribution in [2.75, 3.05) is 85.3 Å². The lowest BCUT2D eigenvalue weighted by molar-refractivity contribution is -0.140. The Balaban J connectivity index is 2.00. The molecule has 0 bridgehead atoms. The number of rotatable bonds is 10. The van der Waals surface area contributed by atoms with E-state index in [4.69, 9.17) is 0 Å². The smallest absolute Gasteiger partial charge is 0.317 e. The summed E-state index contributed by atoms with van der Waals surface area (Å²) < 4.78 is 1.31. The molecule has 1 fully saturated rings. The van der Waals surface area contributed by atoms with Crippen LogP contribution in [0.15, 0.2) is 11.0 Å². The molecule has 0 aliphatic carbocycles. The number of aromatic nitrogens is 1. The molecular formula is C22H37N5O7S. The lowest BCUT2D eigenvalue weighted by atomic mass is 10.2. The van der Waals surface area contributed by atoms with Crippen LogP contribution in [0.5, 0.6) is 11.8 Å². The molecule has 2 heterocycles. The molecule has 198 valence electrons. The standard InChI is InChI=1S/C22H37N5O7S/c1-23-5-7-24(14-17(28)3-4-27-19(29)13-18(35-2)22(27)34)9-10-26(16-21(32)33)12-11-25(8-6-23)15-20(30)31/h13,29,34H,3-12,14-16H2,1-2H3,(H,30,31)(H,32,33). The van der Waals surface area contributed by atoms with Crippen LogP contribution in [0.3, 0.4) is 0 Å². The van der Waals surface area contributed by atoms with Crippen molar-refractivity contribution in [3.63, 3.8) is 0 Å². The van der Waals surface area contributed by atoms with Crippen LogP contribution in [0.2, 0.25) is 0 Å². The average Bonchev–Trinajstić information content (AvgIpc) is 3.06. The highest BCUT2D eigenvalue weighted by Gasteiger charge is 2.20. The summed E-state index contributed by atoms with van der Waals surface area (Å²) in [6.45, 7) is 4.32. The fourth-order valence-electron chi connectivity index (χ4n) is 3.93. The van der Waals surface area contributed by atoms with E-state index >= 15 is 0 Å². The van der Waals surface area contributed by atoms with Crippen molar-refractivity contribution in [2.24, 2.45) is 0 Å². The zero-order chi connectivity index (χ0) is 26.0. The summed E-state index contributed by atoms with van der Waals surface area (Å²) in [6, 6.07) is 1.46. The van der Waals surface area contributed by atoms with Crippen LogP contribution in [0, 0.1) is 0 Å². The Morgan fingerprint density at radius 3 is 1.71 bits per heavy atom. The van der Waals surface area contributed by atoms with Gasteiger partial charge in [-0.15, -0.1) is 11.8 Å². The van der Waals surface area contributed by atoms with Crippen molar-refractivity contribution in [3.8, 4) is 11.8 Å². The minimum absolute atomic E-state index is 0.0460. The molecule has 0 atom stereocenters. The SMILES string of the molecule is CSc1cc(O)n(CCC(=O)CN2CCN(C)CCN(CC(=O)O)CCN(CC(=O)O)CC2)c1O. The fraction of sp³-hybridized carbons (Fsp3) is 0.682. The third kappa shape index (κ3) is 10.1. The fourth-order valence-corrected chi connectivity index (χ4v) is 4.45. The second-order valence-electron chi connectivity index (χ2n) is 8.75. The molecule has 4 N–H and O–H groups in total. The normalized spacial score (nSPS) is 18.1. The maximum Gasteiger partial charge on any atom is 0.317 e. The Bertz CT molecular complexity index is 865. The molecule has 1 aromatic heterocycles. The van der Waals surface area contributed by atoms with Gasteiger partial charge in [0.25, 0.3) is 0 Å². The topological polar surface area (TPSA) is 150 Å². The van der Waals surface area contributed by atoms with Crippen molar-refractivity contribution >= 4 is 29.5 Å². The molecule has 35 heavy (non-hydrogen) atoms. The maximum absolute atomic E-state index is 12.7. The largest absolute Gasteiger partial charge is 0.494 e. The Morgan fingerprint density at radius 2 is 1.29 bits per heavy atom. The number of aliphatic carboxylic acids is 2. The second-order valence-corrected chi connectivity index (χ2v) is 9.60. The summed E-state index contributed by atoms with van der Waals surface area (Å²) in [7, 11) is 1.95. The van der Waals surface area contributed by atoms with Gasteiger partial charge in [0.1, 0.15) is 5.78 Å². The zero-order valence-electron chi connectivity index (χ0n) is 20.4. The summed E-state index contributed by atoms with van der Waals surface area (Å²) in [5.74, 6) is -2.07. The quantitative estimate of drug-likeness (QED) is 0.300. The average molecular weight is 516 g/mol. The Morgan fingerprint density at radius 1 is 0.829 bits per heavy atom. The molecular weight excluding hydrogens is 478 g/mol. The second kappa shape index (κ2) is 14.3. The van der Waals surface area contributed by atoms with E-state index in [2.05, 4.69) is 4.90 Å². The van der Waals surface area contributed by atoms with Crippen molar-refractivity contribution in [1.29, 1.82) is 0 Å². The van der Waals surface area contributed by atoms with Gasteiger partial charge in [0.15, 0.2) is 5.88 Å². The summed E-state index contributed by atoms with van der Waals surface area (Å²) in [6.07, 6.45) is 1.92. The third-order valence-electron chi connectivity index (χ3n) is 6.03. The number of thioether (sulfide) groups is 1. The van der Waals surface area contributed by atoms with Gasteiger partial charge in [0, 0.05) is 71.4 Å². The molecule has 1 aliphatic rings. The Labute approximate surface area is 209 Å². The molecule has 1 aliphatic heterocycles. The molecule has 1 saturated heterocycles. The van der Waals surface area contributed by atoms with Gasteiger partial charge >= 0.3 is 11.9 Å². The predicted octanol–water partition coefficient (Wildman–Crippen LogP) is -0.399. The first-order valence-electron chi connectivity index (χ1n) is 11.5. The van der Waals surface area contributed by atoms with E-state index < -0.39 is 11.9 Å². The summed E-state index contributed by atoms with van der Waals surface area (Å²) in [4.78, 5) is 43.5. The number of aromatic hydroxyl groups is 2. The lowest BCUT2D eigenvalue weighted by Crippen LogP contribution is -2.47. The number of likely N-dealkylation sites (N-methyl/N-ethyl adjacent to an activating group) is 1. The molecule has 13 heteroatoms. The monoisotopic (exact) mass is 515 g/mol. The van der Waals surface area contributed by atoms with Crippen LogP contribution in [-0.4, -0.2) is 148 Å². The van der Waals surface area contributed by atoms with Crippen LogP contribution < -0.4 is 0 Å². The van der Waals surface area contributed by atoms with Gasteiger partial charge in [0.2, 0.25) is 5.88 Å². The molecule has 0 amide bonds. The maximum atomic E-state index is 12.7. The number of ketones is 1. The van der Waals surface area contributed by atoms with E-state index in [1.807, 2.05) is 16.8 Å². The van der Waals surface area contributed by atoms with Crippen molar-refractivity contribution in [3.05, 3.63) is 6.07 Å². The number of carbonyl (C=O) groups excluding carboxylic acids is 1. The lowest BCUT2D eigenvalue weighted by Gasteiger charge is -2.32. The minimum atomic E-state index is -0.958. The number of hydrogen-bond donors (Lipinski definition) is 4. The number of nitrogens with zero attached hydrogens (tertiary/aromatic N) is 5. The van der Waals surface area contributed by atoms with Gasteiger partial charge in [0.05, 0.1) is 24.5 Å².